The average molecular weight is 464 g/mol. The van der Waals surface area contributed by atoms with Gasteiger partial charge in [0.15, 0.2) is 5.69 Å². The molecule has 4 rings (SSSR count). The van der Waals surface area contributed by atoms with E-state index in [1.165, 1.54) is 10.1 Å². The van der Waals surface area contributed by atoms with E-state index in [2.05, 4.69) is 50.6 Å². The van der Waals surface area contributed by atoms with Crippen molar-refractivity contribution in [1.82, 2.24) is 14.8 Å². The van der Waals surface area contributed by atoms with Crippen molar-refractivity contribution in [2.75, 3.05) is 19.6 Å². The predicted molar refractivity (Wildman–Crippen MR) is 130 cm³/mol. The van der Waals surface area contributed by atoms with Crippen LogP contribution in [0.25, 0.3) is 10.9 Å². The number of piperidine rings is 1. The number of aromatic nitrogens is 1. The van der Waals surface area contributed by atoms with E-state index in [1.54, 1.807) is 18.2 Å². The van der Waals surface area contributed by atoms with Crippen LogP contribution >= 0.6 is 11.6 Å². The van der Waals surface area contributed by atoms with Crippen molar-refractivity contribution in [3.8, 4) is 18.2 Å². The summed E-state index contributed by atoms with van der Waals surface area (Å²) < 4.78 is 1.53. The topological polar surface area (TPSA) is 82.2 Å². The molecule has 1 saturated heterocycles. The molecular formula is C25H26ClN5O2. The lowest BCUT2D eigenvalue weighted by Gasteiger charge is -2.32. The number of likely N-dealkylation sites (tertiary alicyclic amines) is 1. The molecule has 7 nitrogen and oxygen atoms in total. The molecule has 33 heavy (non-hydrogen) atoms. The van der Waals surface area contributed by atoms with Crippen LogP contribution in [0.15, 0.2) is 58.8 Å². The van der Waals surface area contributed by atoms with Gasteiger partial charge in [0.25, 0.3) is 5.91 Å². The Labute approximate surface area is 198 Å². The molecule has 8 heteroatoms. The zero-order valence-electron chi connectivity index (χ0n) is 18.2. The molecule has 1 aliphatic rings. The van der Waals surface area contributed by atoms with Gasteiger partial charge in [-0.3, -0.25) is 14.3 Å². The van der Waals surface area contributed by atoms with E-state index in [0.29, 0.717) is 15.9 Å². The zero-order valence-corrected chi connectivity index (χ0v) is 19.0. The molecule has 0 atom stereocenters. The minimum atomic E-state index is -0.402. The first-order chi connectivity index (χ1) is 16.0. The molecule has 0 aliphatic carbocycles. The maximum atomic E-state index is 12.3. The normalized spacial score (nSPS) is 15.3. The summed E-state index contributed by atoms with van der Waals surface area (Å²) in [5.74, 6) is 1.96. The second-order valence-corrected chi connectivity index (χ2v) is 8.57. The van der Waals surface area contributed by atoms with E-state index in [1.807, 2.05) is 6.07 Å². The molecule has 0 saturated carbocycles. The van der Waals surface area contributed by atoms with Gasteiger partial charge in [-0.25, -0.2) is 0 Å². The summed E-state index contributed by atoms with van der Waals surface area (Å²) in [6, 6.07) is 15.8. The van der Waals surface area contributed by atoms with Crippen molar-refractivity contribution in [1.29, 1.82) is 0 Å². The molecular weight excluding hydrogens is 438 g/mol. The van der Waals surface area contributed by atoms with Crippen LogP contribution in [0, 0.1) is 12.3 Å². The third-order valence-electron chi connectivity index (χ3n) is 5.86. The molecule has 0 radical (unpaired) electrons. The molecule has 1 aromatic heterocycles. The molecule has 170 valence electrons. The molecule has 0 spiro atoms. The second-order valence-electron chi connectivity index (χ2n) is 8.13. The predicted octanol–water partition coefficient (Wildman–Crippen LogP) is 4.50. The van der Waals surface area contributed by atoms with Crippen LogP contribution in [0.2, 0.25) is 5.02 Å². The Hall–Kier alpha value is -3.18. The molecule has 1 aliphatic heterocycles. The van der Waals surface area contributed by atoms with Crippen LogP contribution in [0.1, 0.15) is 18.4 Å². The molecule has 3 aromatic rings. The third kappa shape index (κ3) is 5.60. The fraction of sp³-hybridized carbons (Fsp3) is 0.320. The van der Waals surface area contributed by atoms with Crippen molar-refractivity contribution in [2.24, 2.45) is 10.2 Å². The van der Waals surface area contributed by atoms with Crippen LogP contribution in [-0.2, 0) is 17.9 Å². The van der Waals surface area contributed by atoms with E-state index in [0.717, 1.165) is 32.5 Å². The maximum absolute atomic E-state index is 12.3. The van der Waals surface area contributed by atoms with Gasteiger partial charge in [-0.2, -0.15) is 0 Å². The number of carbonyl (C=O) groups excluding carboxylic acids is 1. The van der Waals surface area contributed by atoms with Crippen LogP contribution in [-0.4, -0.2) is 46.2 Å². The smallest absolute Gasteiger partial charge is 0.278 e. The lowest BCUT2D eigenvalue weighted by atomic mass is 10.0. The van der Waals surface area contributed by atoms with Crippen molar-refractivity contribution in [3.63, 3.8) is 0 Å². The number of halogens is 1. The van der Waals surface area contributed by atoms with Crippen molar-refractivity contribution >= 4 is 34.1 Å². The van der Waals surface area contributed by atoms with E-state index in [4.69, 9.17) is 18.0 Å². The quantitative estimate of drug-likeness (QED) is 0.399. The van der Waals surface area contributed by atoms with Crippen LogP contribution in [0.4, 0.5) is 5.69 Å². The summed E-state index contributed by atoms with van der Waals surface area (Å²) in [6.45, 7) is 3.16. The van der Waals surface area contributed by atoms with Gasteiger partial charge in [-0.05, 0) is 49.7 Å². The van der Waals surface area contributed by atoms with Crippen LogP contribution < -0.4 is 5.32 Å². The van der Waals surface area contributed by atoms with E-state index >= 15 is 0 Å². The van der Waals surface area contributed by atoms with E-state index in [9.17, 15) is 9.90 Å². The maximum Gasteiger partial charge on any atom is 0.278 e. The number of carbonyl (C=O) groups is 1. The number of nitrogens with zero attached hydrogens (tertiary/aromatic N) is 4. The van der Waals surface area contributed by atoms with Gasteiger partial charge in [-0.15, -0.1) is 16.7 Å². The first kappa shape index (κ1) is 23.0. The highest BCUT2D eigenvalue weighted by molar-refractivity contribution is 6.31. The molecule has 2 aromatic carbocycles. The van der Waals surface area contributed by atoms with E-state index in [-0.39, 0.29) is 30.7 Å². The summed E-state index contributed by atoms with van der Waals surface area (Å²) in [5.41, 5.74) is 2.18. The second kappa shape index (κ2) is 10.6. The summed E-state index contributed by atoms with van der Waals surface area (Å²) in [7, 11) is 0. The standard InChI is InChI=1S/C25H26ClN5O2/c1-2-12-31-22-9-8-19(26)15-21(22)24(25(31)33)29-28-23(32)16-27-20-10-13-30(14-11-20)17-18-6-4-3-5-7-18/h1,3-9,15,20,27,33H,10-14,16-17H2. The minimum Gasteiger partial charge on any atom is -0.493 e. The van der Waals surface area contributed by atoms with Crippen molar-refractivity contribution < 1.29 is 9.90 Å². The number of nitrogens with one attached hydrogen (secondary N) is 1. The molecule has 2 N–H and O–H groups in total. The first-order valence-electron chi connectivity index (χ1n) is 10.9. The third-order valence-corrected chi connectivity index (χ3v) is 6.10. The Morgan fingerprint density at radius 3 is 2.70 bits per heavy atom. The lowest BCUT2D eigenvalue weighted by molar-refractivity contribution is -0.117. The number of rotatable bonds is 7. The molecule has 1 amide bonds. The van der Waals surface area contributed by atoms with Crippen LogP contribution in [0.3, 0.4) is 0 Å². The summed E-state index contributed by atoms with van der Waals surface area (Å²) >= 11 is 6.10. The zero-order chi connectivity index (χ0) is 23.2. The Morgan fingerprint density at radius 1 is 1.21 bits per heavy atom. The van der Waals surface area contributed by atoms with Gasteiger partial charge in [-0.1, -0.05) is 47.9 Å². The first-order valence-corrected chi connectivity index (χ1v) is 11.3. The molecule has 2 heterocycles. The Kier molecular flexibility index (Phi) is 7.40. The van der Waals surface area contributed by atoms with Gasteiger partial charge in [0.1, 0.15) is 0 Å². The SMILES string of the molecule is C#CCn1c(O)c(N=NC(=O)CNC2CCN(Cc3ccccc3)CC2)c2cc(Cl)ccc21. The number of benzene rings is 2. The largest absolute Gasteiger partial charge is 0.493 e. The van der Waals surface area contributed by atoms with Gasteiger partial charge in [0.2, 0.25) is 5.88 Å². The summed E-state index contributed by atoms with van der Waals surface area (Å²) in [6.07, 6.45) is 7.35. The van der Waals surface area contributed by atoms with Crippen molar-refractivity contribution in [3.05, 3.63) is 59.1 Å². The fourth-order valence-electron chi connectivity index (χ4n) is 4.16. The highest BCUT2D eigenvalue weighted by atomic mass is 35.5. The fourth-order valence-corrected chi connectivity index (χ4v) is 4.33. The minimum absolute atomic E-state index is 0.0946. The molecule has 1 fully saturated rings. The number of hydrogen-bond acceptors (Lipinski definition) is 5. The van der Waals surface area contributed by atoms with Crippen LogP contribution in [0.5, 0.6) is 5.88 Å². The Bertz CT molecular complexity index is 1190. The number of fused-ring (bicyclic) bond motifs is 1. The Balaban J connectivity index is 1.32. The number of aromatic hydroxyl groups is 1. The summed E-state index contributed by atoms with van der Waals surface area (Å²) in [5, 5.41) is 22.8. The Morgan fingerprint density at radius 2 is 1.97 bits per heavy atom. The monoisotopic (exact) mass is 463 g/mol. The highest BCUT2D eigenvalue weighted by Gasteiger charge is 2.20. The number of terminal acetylenes is 1. The van der Waals surface area contributed by atoms with Gasteiger partial charge in [0, 0.05) is 23.0 Å². The summed E-state index contributed by atoms with van der Waals surface area (Å²) in [4.78, 5) is 14.8. The van der Waals surface area contributed by atoms with Gasteiger partial charge >= 0.3 is 0 Å². The van der Waals surface area contributed by atoms with Crippen molar-refractivity contribution in [2.45, 2.75) is 32.0 Å². The van der Waals surface area contributed by atoms with E-state index < -0.39 is 5.91 Å². The average Bonchev–Trinajstić information content (AvgIpc) is 3.08. The lowest BCUT2D eigenvalue weighted by Crippen LogP contribution is -2.43. The number of hydrogen-bond donors (Lipinski definition) is 2. The molecule has 0 unspecified atom stereocenters. The van der Waals surface area contributed by atoms with Gasteiger partial charge < -0.3 is 10.4 Å². The highest BCUT2D eigenvalue weighted by Crippen LogP contribution is 2.39. The number of azo groups is 1. The van der Waals surface area contributed by atoms with Gasteiger partial charge in [0.05, 0.1) is 18.6 Å². The number of amides is 1. The molecule has 0 bridgehead atoms.